The van der Waals surface area contributed by atoms with Crippen molar-refractivity contribution in [3.8, 4) is 0 Å². The zero-order valence-corrected chi connectivity index (χ0v) is 12.4. The van der Waals surface area contributed by atoms with E-state index >= 15 is 0 Å². The molecule has 1 nitrogen and oxygen atoms in total. The van der Waals surface area contributed by atoms with E-state index in [4.69, 9.17) is 0 Å². The molecule has 3 atom stereocenters. The lowest BCUT2D eigenvalue weighted by molar-refractivity contribution is 0.311. The predicted molar refractivity (Wildman–Crippen MR) is 82.4 cm³/mol. The molecule has 0 saturated heterocycles. The molecule has 0 spiro atoms. The Hall–Kier alpha value is -0.470. The minimum absolute atomic E-state index is 0.620. The van der Waals surface area contributed by atoms with Gasteiger partial charge < -0.3 is 5.32 Å². The fourth-order valence-electron chi connectivity index (χ4n) is 3.09. The molecular formula is C16H25NS. The van der Waals surface area contributed by atoms with Crippen molar-refractivity contribution in [3.63, 3.8) is 0 Å². The Morgan fingerprint density at radius 1 is 1.22 bits per heavy atom. The SMILES string of the molecule is CSCC(C)NC1CCCCC1c1ccccc1. The molecule has 2 heteroatoms. The standard InChI is InChI=1S/C16H25NS/c1-13(12-18-2)17-16-11-7-6-10-15(16)14-8-4-3-5-9-14/h3-5,8-9,13,15-17H,6-7,10-12H2,1-2H3. The van der Waals surface area contributed by atoms with Crippen LogP contribution in [0, 0.1) is 0 Å². The summed E-state index contributed by atoms with van der Waals surface area (Å²) < 4.78 is 0. The van der Waals surface area contributed by atoms with Gasteiger partial charge in [0, 0.05) is 17.8 Å². The highest BCUT2D eigenvalue weighted by Gasteiger charge is 2.26. The van der Waals surface area contributed by atoms with Gasteiger partial charge in [-0.3, -0.25) is 0 Å². The van der Waals surface area contributed by atoms with Crippen molar-refractivity contribution < 1.29 is 0 Å². The first-order valence-corrected chi connectivity index (χ1v) is 8.50. The van der Waals surface area contributed by atoms with Crippen LogP contribution >= 0.6 is 11.8 Å². The Morgan fingerprint density at radius 2 is 1.94 bits per heavy atom. The monoisotopic (exact) mass is 263 g/mol. The fourth-order valence-corrected chi connectivity index (χ4v) is 3.69. The van der Waals surface area contributed by atoms with Gasteiger partial charge in [0.25, 0.3) is 0 Å². The molecule has 2 rings (SSSR count). The van der Waals surface area contributed by atoms with Crippen LogP contribution in [0.2, 0.25) is 0 Å². The predicted octanol–water partition coefficient (Wildman–Crippen LogP) is 4.05. The van der Waals surface area contributed by atoms with E-state index in [2.05, 4.69) is 48.8 Å². The summed E-state index contributed by atoms with van der Waals surface area (Å²) in [5.74, 6) is 1.92. The number of hydrogen-bond donors (Lipinski definition) is 1. The van der Waals surface area contributed by atoms with Crippen molar-refractivity contribution >= 4 is 11.8 Å². The summed E-state index contributed by atoms with van der Waals surface area (Å²) in [7, 11) is 0. The lowest BCUT2D eigenvalue weighted by atomic mass is 9.80. The highest BCUT2D eigenvalue weighted by atomic mass is 32.2. The second-order valence-corrected chi connectivity index (χ2v) is 6.34. The third-order valence-electron chi connectivity index (χ3n) is 3.91. The topological polar surface area (TPSA) is 12.0 Å². The zero-order valence-electron chi connectivity index (χ0n) is 11.6. The van der Waals surface area contributed by atoms with Crippen molar-refractivity contribution in [2.45, 2.75) is 50.6 Å². The molecule has 0 aliphatic heterocycles. The van der Waals surface area contributed by atoms with E-state index in [1.54, 1.807) is 0 Å². The molecule has 1 aromatic carbocycles. The van der Waals surface area contributed by atoms with Crippen LogP contribution in [0.25, 0.3) is 0 Å². The smallest absolute Gasteiger partial charge is 0.0139 e. The molecule has 0 heterocycles. The molecule has 1 fully saturated rings. The number of hydrogen-bond acceptors (Lipinski definition) is 2. The van der Waals surface area contributed by atoms with Gasteiger partial charge in [-0.25, -0.2) is 0 Å². The van der Waals surface area contributed by atoms with Gasteiger partial charge in [-0.2, -0.15) is 11.8 Å². The third-order valence-corrected chi connectivity index (χ3v) is 4.74. The normalized spacial score (nSPS) is 25.9. The van der Waals surface area contributed by atoms with Gasteiger partial charge in [0.05, 0.1) is 0 Å². The van der Waals surface area contributed by atoms with Gasteiger partial charge in [0.2, 0.25) is 0 Å². The van der Waals surface area contributed by atoms with E-state index in [1.807, 2.05) is 11.8 Å². The Morgan fingerprint density at radius 3 is 2.67 bits per heavy atom. The van der Waals surface area contributed by atoms with E-state index in [9.17, 15) is 0 Å². The van der Waals surface area contributed by atoms with Gasteiger partial charge in [-0.15, -0.1) is 0 Å². The highest BCUT2D eigenvalue weighted by Crippen LogP contribution is 2.33. The molecule has 18 heavy (non-hydrogen) atoms. The molecule has 0 amide bonds. The molecule has 1 N–H and O–H groups in total. The minimum atomic E-state index is 0.620. The third kappa shape index (κ3) is 3.76. The molecular weight excluding hydrogens is 238 g/mol. The first-order valence-electron chi connectivity index (χ1n) is 7.11. The lowest BCUT2D eigenvalue weighted by Crippen LogP contribution is -2.43. The average molecular weight is 263 g/mol. The van der Waals surface area contributed by atoms with Crippen molar-refractivity contribution in [1.29, 1.82) is 0 Å². The first-order chi connectivity index (χ1) is 8.81. The van der Waals surface area contributed by atoms with E-state index in [1.165, 1.54) is 37.0 Å². The van der Waals surface area contributed by atoms with E-state index in [-0.39, 0.29) is 0 Å². The summed E-state index contributed by atoms with van der Waals surface area (Å²) in [6, 6.07) is 12.3. The van der Waals surface area contributed by atoms with Gasteiger partial charge in [0.15, 0.2) is 0 Å². The molecule has 0 bridgehead atoms. The Kier molecular flexibility index (Phi) is 5.58. The Bertz CT molecular complexity index is 338. The largest absolute Gasteiger partial charge is 0.310 e. The maximum atomic E-state index is 3.85. The second-order valence-electron chi connectivity index (χ2n) is 5.43. The van der Waals surface area contributed by atoms with Crippen LogP contribution in [-0.4, -0.2) is 24.1 Å². The fraction of sp³-hybridized carbons (Fsp3) is 0.625. The number of thioether (sulfide) groups is 1. The Labute approximate surface area is 116 Å². The molecule has 1 aromatic rings. The number of rotatable bonds is 5. The van der Waals surface area contributed by atoms with Crippen molar-refractivity contribution in [1.82, 2.24) is 5.32 Å². The highest BCUT2D eigenvalue weighted by molar-refractivity contribution is 7.98. The van der Waals surface area contributed by atoms with Crippen LogP contribution < -0.4 is 5.32 Å². The maximum Gasteiger partial charge on any atom is 0.0139 e. The maximum absolute atomic E-state index is 3.85. The van der Waals surface area contributed by atoms with Gasteiger partial charge in [-0.05, 0) is 37.5 Å². The van der Waals surface area contributed by atoms with Crippen molar-refractivity contribution in [2.75, 3.05) is 12.0 Å². The molecule has 0 radical (unpaired) electrons. The van der Waals surface area contributed by atoms with Crippen molar-refractivity contribution in [2.24, 2.45) is 0 Å². The number of nitrogens with one attached hydrogen (secondary N) is 1. The Balaban J connectivity index is 2.02. The van der Waals surface area contributed by atoms with Crippen LogP contribution in [-0.2, 0) is 0 Å². The van der Waals surface area contributed by atoms with Gasteiger partial charge >= 0.3 is 0 Å². The van der Waals surface area contributed by atoms with Crippen LogP contribution in [0.3, 0.4) is 0 Å². The lowest BCUT2D eigenvalue weighted by Gasteiger charge is -2.34. The first kappa shape index (κ1) is 14.0. The van der Waals surface area contributed by atoms with Crippen LogP contribution in [0.5, 0.6) is 0 Å². The molecule has 100 valence electrons. The van der Waals surface area contributed by atoms with Gasteiger partial charge in [0.1, 0.15) is 0 Å². The molecule has 1 saturated carbocycles. The average Bonchev–Trinajstić information content (AvgIpc) is 2.40. The zero-order chi connectivity index (χ0) is 12.8. The van der Waals surface area contributed by atoms with E-state index < -0.39 is 0 Å². The summed E-state index contributed by atoms with van der Waals surface area (Å²) in [6.45, 7) is 2.31. The minimum Gasteiger partial charge on any atom is -0.310 e. The summed E-state index contributed by atoms with van der Waals surface area (Å²) in [5, 5.41) is 3.85. The second kappa shape index (κ2) is 7.20. The number of benzene rings is 1. The van der Waals surface area contributed by atoms with Crippen LogP contribution in [0.4, 0.5) is 0 Å². The van der Waals surface area contributed by atoms with E-state index in [0.29, 0.717) is 18.0 Å². The van der Waals surface area contributed by atoms with Crippen molar-refractivity contribution in [3.05, 3.63) is 35.9 Å². The summed E-state index contributed by atoms with van der Waals surface area (Å²) in [4.78, 5) is 0. The quantitative estimate of drug-likeness (QED) is 0.860. The summed E-state index contributed by atoms with van der Waals surface area (Å²) >= 11 is 1.93. The summed E-state index contributed by atoms with van der Waals surface area (Å²) in [6.07, 6.45) is 7.63. The molecule has 0 aromatic heterocycles. The van der Waals surface area contributed by atoms with Crippen LogP contribution in [0.15, 0.2) is 30.3 Å². The van der Waals surface area contributed by atoms with E-state index in [0.717, 1.165) is 0 Å². The van der Waals surface area contributed by atoms with Crippen LogP contribution in [0.1, 0.15) is 44.1 Å². The molecule has 3 unspecified atom stereocenters. The summed E-state index contributed by atoms with van der Waals surface area (Å²) in [5.41, 5.74) is 1.52. The molecule has 1 aliphatic carbocycles. The molecule has 1 aliphatic rings. The van der Waals surface area contributed by atoms with Gasteiger partial charge in [-0.1, -0.05) is 43.2 Å².